The molecule has 2 aromatic rings. The van der Waals surface area contributed by atoms with Crippen LogP contribution in [0.3, 0.4) is 0 Å². The average Bonchev–Trinajstić information content (AvgIpc) is 2.83. The molecule has 0 bridgehead atoms. The van der Waals surface area contributed by atoms with Gasteiger partial charge in [-0.1, -0.05) is 6.92 Å². The molecular weight excluding hydrogens is 266 g/mol. The van der Waals surface area contributed by atoms with Crippen LogP contribution in [0.5, 0.6) is 0 Å². The molecule has 1 aromatic carbocycles. The van der Waals surface area contributed by atoms with E-state index >= 15 is 0 Å². The molecule has 19 heavy (non-hydrogen) atoms. The minimum Gasteiger partial charge on any atom is -0.304 e. The topological polar surface area (TPSA) is 24.9 Å². The van der Waals surface area contributed by atoms with Crippen molar-refractivity contribution in [2.24, 2.45) is 0 Å². The maximum Gasteiger partial charge on any atom is 0.126 e. The summed E-state index contributed by atoms with van der Waals surface area (Å²) in [6.07, 6.45) is 2.85. The van der Waals surface area contributed by atoms with Crippen molar-refractivity contribution in [3.05, 3.63) is 51.5 Å². The van der Waals surface area contributed by atoms with Crippen LogP contribution < -0.4 is 5.32 Å². The average molecular weight is 282 g/mol. The number of thiazole rings is 1. The van der Waals surface area contributed by atoms with Crippen molar-refractivity contribution < 1.29 is 8.78 Å². The van der Waals surface area contributed by atoms with Gasteiger partial charge in [-0.15, -0.1) is 11.3 Å². The van der Waals surface area contributed by atoms with E-state index in [1.165, 1.54) is 17.0 Å². The van der Waals surface area contributed by atoms with Crippen LogP contribution in [0.1, 0.15) is 35.3 Å². The van der Waals surface area contributed by atoms with Crippen molar-refractivity contribution in [2.45, 2.75) is 32.9 Å². The second-order valence-corrected chi connectivity index (χ2v) is 5.55. The van der Waals surface area contributed by atoms with Crippen molar-refractivity contribution in [2.75, 3.05) is 0 Å². The van der Waals surface area contributed by atoms with E-state index in [4.69, 9.17) is 0 Å². The number of nitrogens with zero attached hydrogens (tertiary/aromatic N) is 1. The zero-order valence-corrected chi connectivity index (χ0v) is 11.7. The number of aromatic nitrogens is 1. The molecule has 102 valence electrons. The van der Waals surface area contributed by atoms with E-state index < -0.39 is 11.6 Å². The van der Waals surface area contributed by atoms with Gasteiger partial charge in [0.1, 0.15) is 16.6 Å². The van der Waals surface area contributed by atoms with E-state index in [-0.39, 0.29) is 6.04 Å². The fourth-order valence-electron chi connectivity index (χ4n) is 1.76. The summed E-state index contributed by atoms with van der Waals surface area (Å²) in [6.45, 7) is 4.50. The molecule has 0 radical (unpaired) electrons. The van der Waals surface area contributed by atoms with E-state index in [0.717, 1.165) is 17.5 Å². The Morgan fingerprint density at radius 1 is 1.26 bits per heavy atom. The molecule has 0 fully saturated rings. The Kier molecular flexibility index (Phi) is 4.61. The van der Waals surface area contributed by atoms with Gasteiger partial charge in [0.2, 0.25) is 0 Å². The Morgan fingerprint density at radius 2 is 1.95 bits per heavy atom. The first-order chi connectivity index (χ1) is 9.08. The van der Waals surface area contributed by atoms with E-state index in [9.17, 15) is 8.78 Å². The highest BCUT2D eigenvalue weighted by Crippen LogP contribution is 2.20. The fraction of sp³-hybridized carbons (Fsp3) is 0.357. The zero-order valence-electron chi connectivity index (χ0n) is 10.9. The molecule has 0 saturated carbocycles. The fourth-order valence-corrected chi connectivity index (χ4v) is 2.64. The van der Waals surface area contributed by atoms with Crippen LogP contribution >= 0.6 is 11.3 Å². The number of hydrogen-bond acceptors (Lipinski definition) is 3. The lowest BCUT2D eigenvalue weighted by Gasteiger charge is -2.11. The van der Waals surface area contributed by atoms with Gasteiger partial charge in [-0.25, -0.2) is 13.8 Å². The molecule has 1 atom stereocenters. The van der Waals surface area contributed by atoms with Crippen molar-refractivity contribution in [1.29, 1.82) is 0 Å². The molecule has 1 heterocycles. The molecule has 0 spiro atoms. The van der Waals surface area contributed by atoms with Gasteiger partial charge in [-0.05, 0) is 31.0 Å². The summed E-state index contributed by atoms with van der Waals surface area (Å²) >= 11 is 1.66. The molecule has 1 N–H and O–H groups in total. The minimum absolute atomic E-state index is 0.0663. The van der Waals surface area contributed by atoms with Gasteiger partial charge in [-0.2, -0.15) is 0 Å². The number of nitrogens with one attached hydrogen (secondary N) is 1. The predicted octanol–water partition coefficient (Wildman–Crippen LogP) is 3.83. The predicted molar refractivity (Wildman–Crippen MR) is 73.1 cm³/mol. The molecule has 0 aliphatic heterocycles. The number of aryl methyl sites for hydroxylation is 1. The lowest BCUT2D eigenvalue weighted by molar-refractivity contribution is 0.553. The van der Waals surface area contributed by atoms with Gasteiger partial charge in [0, 0.05) is 23.7 Å². The van der Waals surface area contributed by atoms with Gasteiger partial charge in [0.05, 0.1) is 6.04 Å². The Bertz CT molecular complexity index is 534. The van der Waals surface area contributed by atoms with E-state index in [1.807, 2.05) is 13.1 Å². The highest BCUT2D eigenvalue weighted by molar-refractivity contribution is 7.11. The molecule has 2 nitrogen and oxygen atoms in total. The molecule has 2 rings (SSSR count). The second-order valence-electron chi connectivity index (χ2n) is 4.40. The third kappa shape index (κ3) is 3.81. The van der Waals surface area contributed by atoms with Crippen molar-refractivity contribution in [1.82, 2.24) is 10.3 Å². The van der Waals surface area contributed by atoms with Gasteiger partial charge in [0.25, 0.3) is 0 Å². The standard InChI is InChI=1S/C14H16F2N2S/c1-3-13-8-18-14(19-13)9(2)17-7-10-4-11(15)6-12(16)5-10/h4-6,8-9,17H,3,7H2,1-2H3. The summed E-state index contributed by atoms with van der Waals surface area (Å²) in [7, 11) is 0. The normalized spacial score (nSPS) is 12.6. The lowest BCUT2D eigenvalue weighted by Crippen LogP contribution is -2.18. The van der Waals surface area contributed by atoms with Gasteiger partial charge in [0.15, 0.2) is 0 Å². The summed E-state index contributed by atoms with van der Waals surface area (Å²) in [5.41, 5.74) is 0.594. The second kappa shape index (κ2) is 6.21. The summed E-state index contributed by atoms with van der Waals surface area (Å²) in [4.78, 5) is 5.58. The molecule has 0 aliphatic carbocycles. The Morgan fingerprint density at radius 3 is 2.53 bits per heavy atom. The molecule has 0 saturated heterocycles. The highest BCUT2D eigenvalue weighted by atomic mass is 32.1. The number of hydrogen-bond donors (Lipinski definition) is 1. The van der Waals surface area contributed by atoms with Crippen LogP contribution in [0, 0.1) is 11.6 Å². The Labute approximate surface area is 115 Å². The van der Waals surface area contributed by atoms with Gasteiger partial charge >= 0.3 is 0 Å². The summed E-state index contributed by atoms with van der Waals surface area (Å²) in [6, 6.07) is 3.61. The number of halogens is 2. The Balaban J connectivity index is 1.97. The van der Waals surface area contributed by atoms with Gasteiger partial charge in [-0.3, -0.25) is 0 Å². The first-order valence-corrected chi connectivity index (χ1v) is 7.03. The third-order valence-corrected chi connectivity index (χ3v) is 4.15. The monoisotopic (exact) mass is 282 g/mol. The maximum atomic E-state index is 13.0. The van der Waals surface area contributed by atoms with Crippen LogP contribution in [0.15, 0.2) is 24.4 Å². The molecule has 1 aromatic heterocycles. The molecule has 5 heteroatoms. The molecule has 0 amide bonds. The summed E-state index contributed by atoms with van der Waals surface area (Å²) in [5, 5.41) is 4.22. The largest absolute Gasteiger partial charge is 0.304 e. The summed E-state index contributed by atoms with van der Waals surface area (Å²) in [5.74, 6) is -1.10. The van der Waals surface area contributed by atoms with Crippen molar-refractivity contribution >= 4 is 11.3 Å². The third-order valence-electron chi connectivity index (χ3n) is 2.83. The van der Waals surface area contributed by atoms with Crippen LogP contribution in [-0.2, 0) is 13.0 Å². The minimum atomic E-state index is -0.549. The number of rotatable bonds is 5. The zero-order chi connectivity index (χ0) is 13.8. The molecular formula is C14H16F2N2S. The molecule has 1 unspecified atom stereocenters. The van der Waals surface area contributed by atoms with Crippen LogP contribution in [0.2, 0.25) is 0 Å². The quantitative estimate of drug-likeness (QED) is 0.901. The first kappa shape index (κ1) is 14.1. The Hall–Kier alpha value is -1.33. The first-order valence-electron chi connectivity index (χ1n) is 6.21. The molecule has 0 aliphatic rings. The lowest BCUT2D eigenvalue weighted by atomic mass is 10.2. The summed E-state index contributed by atoms with van der Waals surface area (Å²) < 4.78 is 26.1. The van der Waals surface area contributed by atoms with Crippen LogP contribution in [-0.4, -0.2) is 4.98 Å². The van der Waals surface area contributed by atoms with E-state index in [0.29, 0.717) is 12.1 Å². The van der Waals surface area contributed by atoms with E-state index in [1.54, 1.807) is 11.3 Å². The van der Waals surface area contributed by atoms with E-state index in [2.05, 4.69) is 17.2 Å². The van der Waals surface area contributed by atoms with Crippen LogP contribution in [0.4, 0.5) is 8.78 Å². The smallest absolute Gasteiger partial charge is 0.126 e. The van der Waals surface area contributed by atoms with Crippen molar-refractivity contribution in [3.8, 4) is 0 Å². The number of benzene rings is 1. The van der Waals surface area contributed by atoms with Gasteiger partial charge < -0.3 is 5.32 Å². The highest BCUT2D eigenvalue weighted by Gasteiger charge is 2.10. The van der Waals surface area contributed by atoms with Crippen molar-refractivity contribution in [3.63, 3.8) is 0 Å². The SMILES string of the molecule is CCc1cnc(C(C)NCc2cc(F)cc(F)c2)s1. The maximum absolute atomic E-state index is 13.0. The van der Waals surface area contributed by atoms with Crippen LogP contribution in [0.25, 0.3) is 0 Å².